The molecule has 1 fully saturated rings. The molecule has 3 heterocycles. The Morgan fingerprint density at radius 1 is 1.10 bits per heavy atom. The van der Waals surface area contributed by atoms with E-state index in [0.29, 0.717) is 24.6 Å². The number of rotatable bonds is 5. The van der Waals surface area contributed by atoms with E-state index in [4.69, 9.17) is 4.74 Å². The van der Waals surface area contributed by atoms with Crippen molar-refractivity contribution in [3.05, 3.63) is 71.4 Å². The summed E-state index contributed by atoms with van der Waals surface area (Å²) in [7, 11) is 0. The van der Waals surface area contributed by atoms with E-state index < -0.39 is 0 Å². The van der Waals surface area contributed by atoms with Crippen molar-refractivity contribution >= 4 is 33.3 Å². The SMILES string of the molecule is O=C(NCc1nc2ccccc2[nH]1)c1cc(-c2ccccc2)c(N2CCOCC2)s1. The summed E-state index contributed by atoms with van der Waals surface area (Å²) in [6, 6.07) is 20.1. The fraction of sp³-hybridized carbons (Fsp3) is 0.217. The third kappa shape index (κ3) is 3.81. The quantitative estimate of drug-likeness (QED) is 0.513. The van der Waals surface area contributed by atoms with Crippen molar-refractivity contribution in [1.29, 1.82) is 0 Å². The van der Waals surface area contributed by atoms with Gasteiger partial charge >= 0.3 is 0 Å². The minimum atomic E-state index is -0.0860. The van der Waals surface area contributed by atoms with Gasteiger partial charge in [0.05, 0.1) is 40.7 Å². The molecule has 0 aliphatic carbocycles. The van der Waals surface area contributed by atoms with E-state index in [9.17, 15) is 4.79 Å². The number of anilines is 1. The standard InChI is InChI=1S/C23H22N4O2S/c28-22(24-15-21-25-18-8-4-5-9-19(18)26-21)20-14-17(16-6-2-1-3-7-16)23(30-20)27-10-12-29-13-11-27/h1-9,14H,10-13,15H2,(H,24,28)(H,25,26). The molecule has 4 aromatic rings. The lowest BCUT2D eigenvalue weighted by Crippen LogP contribution is -2.35. The van der Waals surface area contributed by atoms with Gasteiger partial charge in [-0.3, -0.25) is 4.79 Å². The molecule has 1 saturated heterocycles. The molecule has 30 heavy (non-hydrogen) atoms. The summed E-state index contributed by atoms with van der Waals surface area (Å²) in [5.41, 5.74) is 4.08. The van der Waals surface area contributed by atoms with Crippen LogP contribution in [0.5, 0.6) is 0 Å². The highest BCUT2D eigenvalue weighted by molar-refractivity contribution is 7.18. The van der Waals surface area contributed by atoms with Gasteiger partial charge in [0, 0.05) is 18.7 Å². The van der Waals surface area contributed by atoms with Crippen LogP contribution in [0.25, 0.3) is 22.2 Å². The highest BCUT2D eigenvalue weighted by atomic mass is 32.1. The normalized spacial score (nSPS) is 14.2. The molecule has 0 spiro atoms. The van der Waals surface area contributed by atoms with Crippen LogP contribution in [0.2, 0.25) is 0 Å². The number of amides is 1. The molecule has 0 unspecified atom stereocenters. The van der Waals surface area contributed by atoms with Crippen LogP contribution >= 0.6 is 11.3 Å². The predicted molar refractivity (Wildman–Crippen MR) is 120 cm³/mol. The molecule has 1 aliphatic heterocycles. The second kappa shape index (κ2) is 8.30. The maximum absolute atomic E-state index is 12.9. The number of para-hydroxylation sites is 2. The first-order valence-corrected chi connectivity index (χ1v) is 10.8. The number of nitrogens with one attached hydrogen (secondary N) is 2. The Bertz CT molecular complexity index is 1130. The number of fused-ring (bicyclic) bond motifs is 1. The number of thiophene rings is 1. The van der Waals surface area contributed by atoms with Crippen LogP contribution in [0.4, 0.5) is 5.00 Å². The number of aromatic nitrogens is 2. The second-order valence-electron chi connectivity index (χ2n) is 7.18. The summed E-state index contributed by atoms with van der Waals surface area (Å²) < 4.78 is 5.51. The third-order valence-electron chi connectivity index (χ3n) is 5.17. The zero-order valence-electron chi connectivity index (χ0n) is 16.4. The van der Waals surface area contributed by atoms with Gasteiger partial charge in [0.1, 0.15) is 5.82 Å². The number of aromatic amines is 1. The third-order valence-corrected chi connectivity index (χ3v) is 6.37. The van der Waals surface area contributed by atoms with Gasteiger partial charge in [-0.1, -0.05) is 42.5 Å². The molecule has 2 aromatic heterocycles. The van der Waals surface area contributed by atoms with Gasteiger partial charge in [0.25, 0.3) is 5.91 Å². The van der Waals surface area contributed by atoms with Crippen LogP contribution in [0.3, 0.4) is 0 Å². The Morgan fingerprint density at radius 3 is 2.67 bits per heavy atom. The molecule has 0 radical (unpaired) electrons. The van der Waals surface area contributed by atoms with Crippen molar-refractivity contribution in [2.24, 2.45) is 0 Å². The number of morpholine rings is 1. The van der Waals surface area contributed by atoms with Crippen LogP contribution in [-0.4, -0.2) is 42.2 Å². The van der Waals surface area contributed by atoms with Gasteiger partial charge in [-0.25, -0.2) is 4.98 Å². The Hall–Kier alpha value is -3.16. The highest BCUT2D eigenvalue weighted by Crippen LogP contribution is 2.39. The molecular formula is C23H22N4O2S. The lowest BCUT2D eigenvalue weighted by Gasteiger charge is -2.28. The van der Waals surface area contributed by atoms with E-state index in [2.05, 4.69) is 32.3 Å². The summed E-state index contributed by atoms with van der Waals surface area (Å²) >= 11 is 1.54. The van der Waals surface area contributed by atoms with E-state index >= 15 is 0 Å². The van der Waals surface area contributed by atoms with Crippen LogP contribution in [0.15, 0.2) is 60.7 Å². The number of nitrogens with zero attached hydrogens (tertiary/aromatic N) is 2. The van der Waals surface area contributed by atoms with E-state index in [0.717, 1.165) is 46.1 Å². The molecule has 7 heteroatoms. The Kier molecular flexibility index (Phi) is 5.21. The molecule has 0 bridgehead atoms. The summed E-state index contributed by atoms with van der Waals surface area (Å²) in [5.74, 6) is 0.662. The van der Waals surface area contributed by atoms with E-state index in [1.807, 2.05) is 48.5 Å². The number of carbonyl (C=O) groups is 1. The molecular weight excluding hydrogens is 396 g/mol. The zero-order valence-corrected chi connectivity index (χ0v) is 17.2. The van der Waals surface area contributed by atoms with Crippen LogP contribution < -0.4 is 10.2 Å². The Morgan fingerprint density at radius 2 is 1.87 bits per heavy atom. The molecule has 152 valence electrons. The second-order valence-corrected chi connectivity index (χ2v) is 8.21. The van der Waals surface area contributed by atoms with Crippen molar-refractivity contribution < 1.29 is 9.53 Å². The lowest BCUT2D eigenvalue weighted by molar-refractivity contribution is 0.0954. The molecule has 2 N–H and O–H groups in total. The van der Waals surface area contributed by atoms with Gasteiger partial charge in [-0.15, -0.1) is 11.3 Å². The summed E-state index contributed by atoms with van der Waals surface area (Å²) in [6.45, 7) is 3.44. The number of carbonyl (C=O) groups excluding carboxylic acids is 1. The van der Waals surface area contributed by atoms with Crippen molar-refractivity contribution in [3.63, 3.8) is 0 Å². The first kappa shape index (κ1) is 18.8. The first-order valence-electron chi connectivity index (χ1n) is 10.0. The average molecular weight is 419 g/mol. The molecule has 5 rings (SSSR count). The van der Waals surface area contributed by atoms with E-state index in [1.165, 1.54) is 11.3 Å². The maximum Gasteiger partial charge on any atom is 0.261 e. The number of hydrogen-bond donors (Lipinski definition) is 2. The van der Waals surface area contributed by atoms with Crippen LogP contribution in [-0.2, 0) is 11.3 Å². The number of hydrogen-bond acceptors (Lipinski definition) is 5. The van der Waals surface area contributed by atoms with Crippen molar-refractivity contribution in [2.45, 2.75) is 6.54 Å². The van der Waals surface area contributed by atoms with Crippen molar-refractivity contribution in [1.82, 2.24) is 15.3 Å². The van der Waals surface area contributed by atoms with Crippen LogP contribution in [0.1, 0.15) is 15.5 Å². The van der Waals surface area contributed by atoms with Gasteiger partial charge in [-0.2, -0.15) is 0 Å². The highest BCUT2D eigenvalue weighted by Gasteiger charge is 2.22. The Balaban J connectivity index is 1.39. The fourth-order valence-corrected chi connectivity index (χ4v) is 4.81. The molecule has 1 aliphatic rings. The molecule has 2 aromatic carbocycles. The van der Waals surface area contributed by atoms with Crippen molar-refractivity contribution in [2.75, 3.05) is 31.2 Å². The molecule has 0 atom stereocenters. The first-order chi connectivity index (χ1) is 14.8. The van der Waals surface area contributed by atoms with Crippen molar-refractivity contribution in [3.8, 4) is 11.1 Å². The Labute approximate surface area is 178 Å². The molecule has 1 amide bonds. The molecule has 0 saturated carbocycles. The summed E-state index contributed by atoms with van der Waals surface area (Å²) in [6.07, 6.45) is 0. The fourth-order valence-electron chi connectivity index (χ4n) is 3.66. The van der Waals surface area contributed by atoms with Gasteiger partial charge in [0.15, 0.2) is 0 Å². The van der Waals surface area contributed by atoms with E-state index in [-0.39, 0.29) is 5.91 Å². The number of imidazole rings is 1. The maximum atomic E-state index is 12.9. The smallest absolute Gasteiger partial charge is 0.261 e. The minimum Gasteiger partial charge on any atom is -0.378 e. The lowest BCUT2D eigenvalue weighted by atomic mass is 10.1. The van der Waals surface area contributed by atoms with Gasteiger partial charge < -0.3 is 19.9 Å². The summed E-state index contributed by atoms with van der Waals surface area (Å²) in [4.78, 5) is 23.7. The largest absolute Gasteiger partial charge is 0.378 e. The topological polar surface area (TPSA) is 70.2 Å². The number of benzene rings is 2. The van der Waals surface area contributed by atoms with E-state index in [1.54, 1.807) is 0 Å². The molecule has 6 nitrogen and oxygen atoms in total. The van der Waals surface area contributed by atoms with Gasteiger partial charge in [-0.05, 0) is 23.8 Å². The number of H-pyrrole nitrogens is 1. The summed E-state index contributed by atoms with van der Waals surface area (Å²) in [5, 5.41) is 4.13. The zero-order chi connectivity index (χ0) is 20.3. The monoisotopic (exact) mass is 418 g/mol. The average Bonchev–Trinajstić information content (AvgIpc) is 3.43. The van der Waals surface area contributed by atoms with Gasteiger partial charge in [0.2, 0.25) is 0 Å². The minimum absolute atomic E-state index is 0.0860. The number of ether oxygens (including phenoxy) is 1. The predicted octanol–water partition coefficient (Wildman–Crippen LogP) is 4.06. The van der Waals surface area contributed by atoms with Crippen LogP contribution in [0, 0.1) is 0 Å².